The molecule has 0 amide bonds. The average Bonchev–Trinajstić information content (AvgIpc) is 0.842. The predicted octanol–water partition coefficient (Wildman–Crippen LogP) is 17.6. The molecule has 0 aliphatic carbocycles. The Kier molecular flexibility index (Phi) is 39.9. The molecule has 10 aromatic rings. The number of anilines is 3. The van der Waals surface area contributed by atoms with Crippen LogP contribution >= 0.6 is 46.4 Å². The zero-order chi connectivity index (χ0) is 81.5. The van der Waals surface area contributed by atoms with Crippen molar-refractivity contribution in [2.24, 2.45) is 15.0 Å². The van der Waals surface area contributed by atoms with E-state index >= 15 is 0 Å². The van der Waals surface area contributed by atoms with Crippen LogP contribution in [0, 0.1) is 34.4 Å². The Morgan fingerprint density at radius 2 is 0.690 bits per heavy atom. The van der Waals surface area contributed by atoms with Crippen molar-refractivity contribution in [2.75, 3.05) is 94.1 Å². The highest BCUT2D eigenvalue weighted by molar-refractivity contribution is 6.41. The van der Waals surface area contributed by atoms with Crippen LogP contribution in [0.2, 0.25) is 20.2 Å². The van der Waals surface area contributed by atoms with Crippen molar-refractivity contribution in [1.29, 1.82) is 15.8 Å². The highest BCUT2D eigenvalue weighted by Crippen LogP contribution is 2.29. The summed E-state index contributed by atoms with van der Waals surface area (Å²) in [6.45, 7) is 32.0. The molecule has 8 N–H and O–H groups in total. The summed E-state index contributed by atoms with van der Waals surface area (Å²) in [6.07, 6.45) is 10.4. The van der Waals surface area contributed by atoms with Gasteiger partial charge in [-0.3, -0.25) is 0 Å². The molecule has 0 radical (unpaired) electrons. The number of halogens is 4. The number of nitrogens with one attached hydrogen (secondary N) is 6. The zero-order valence-corrected chi connectivity index (χ0v) is 68.3. The number of ether oxygens (including phenoxy) is 4. The summed E-state index contributed by atoms with van der Waals surface area (Å²) in [5.41, 5.74) is 12.0. The molecule has 26 heteroatoms. The van der Waals surface area contributed by atoms with Gasteiger partial charge in [0.2, 0.25) is 6.19 Å². The molecule has 7 aromatic carbocycles. The van der Waals surface area contributed by atoms with Crippen molar-refractivity contribution < 1.29 is 18.9 Å². The smallest absolute Gasteiger partial charge is 0.410 e. The first kappa shape index (κ1) is 90.6. The summed E-state index contributed by atoms with van der Waals surface area (Å²) in [7, 11) is 0. The molecule has 13 rings (SSSR count). The van der Waals surface area contributed by atoms with Crippen molar-refractivity contribution in [3.05, 3.63) is 286 Å². The molecule has 3 aliphatic rings. The third kappa shape index (κ3) is 36.1. The number of para-hydroxylation sites is 4. The number of hydrogen-bond acceptors (Lipinski definition) is 20. The average molecular weight is 1600 g/mol. The van der Waals surface area contributed by atoms with Gasteiger partial charge >= 0.3 is 18.1 Å². The lowest BCUT2D eigenvalue weighted by Crippen LogP contribution is -2.44. The van der Waals surface area contributed by atoms with Crippen LogP contribution in [0.1, 0.15) is 79.0 Å². The van der Waals surface area contributed by atoms with E-state index in [9.17, 15) is 0 Å². The number of benzene rings is 7. The Balaban J connectivity index is 0.000000207. The summed E-state index contributed by atoms with van der Waals surface area (Å²) in [4.78, 5) is 28.8. The lowest BCUT2D eigenvalue weighted by molar-refractivity contribution is 0.386. The standard InChI is InChI=1S/2C18H19N3O.C14H10N2O2.C10H15N.2C9H12ClN3.C5H3Cl2N.C4H10N2/c2*1-18(2,3)14-9-11-15(12-10-14)21-17(20-13-19)22-16-7-5-4-6-8-16;15-11-16-14(17-12-7-3-1-4-8-12)18-13-9-5-2-6-10-13;1-10(2,3)8-4-6-9(11)7-5-8;2*10-8-2-1-3-12-9(8)13-6-4-11-5-7-13;6-4-2-1-3-8-5(4)7;1-2-6-4-3-5-1/h2*4-12H,1-3H3,(H,20,21);1-10H;4-7H,11H2,1-3H3;2*1-3,11H,4-7H2;1-3H;5-6H,1-4H2. The fourth-order valence-electron chi connectivity index (χ4n) is 9.97. The van der Waals surface area contributed by atoms with Gasteiger partial charge in [0.25, 0.3) is 0 Å². The first-order valence-electron chi connectivity index (χ1n) is 36.6. The third-order valence-corrected chi connectivity index (χ3v) is 17.3. The van der Waals surface area contributed by atoms with Gasteiger partial charge in [0.05, 0.1) is 26.4 Å². The molecule has 6 heterocycles. The van der Waals surface area contributed by atoms with Crippen molar-refractivity contribution in [3.63, 3.8) is 0 Å². The van der Waals surface area contributed by atoms with Crippen LogP contribution in [-0.4, -0.2) is 112 Å². The van der Waals surface area contributed by atoms with Gasteiger partial charge in [-0.25, -0.2) is 25.6 Å². The number of rotatable bonds is 8. The quantitative estimate of drug-likeness (QED) is 0.0186. The largest absolute Gasteiger partial charge is 0.425 e. The molecule has 0 atom stereocenters. The SMILES string of the molecule is C1CNCCN1.CC(C)(C)c1ccc(N)cc1.CC(C)(C)c1ccc(N=C(NC#N)Oc2ccccc2)cc1.CC(C)(C)c1ccc(N=C(NC#N)Oc2ccccc2)cc1.Clc1cccnc1Cl.Clc1cccnc1N1CCNCC1.Clc1cccnc1N1CCNCC1.N#CN=C(Oc1ccccc1)Oc1ccccc1. The van der Waals surface area contributed by atoms with Crippen LogP contribution in [-0.2, 0) is 16.2 Å². The van der Waals surface area contributed by atoms with Gasteiger partial charge in [-0.1, -0.05) is 223 Å². The van der Waals surface area contributed by atoms with Crippen molar-refractivity contribution in [3.8, 4) is 41.6 Å². The number of aromatic nitrogens is 3. The number of amidine groups is 2. The number of piperazine rings is 3. The first-order valence-corrected chi connectivity index (χ1v) is 38.2. The lowest BCUT2D eigenvalue weighted by atomic mass is 9.87. The Morgan fingerprint density at radius 1 is 0.389 bits per heavy atom. The molecule has 590 valence electrons. The predicted molar refractivity (Wildman–Crippen MR) is 462 cm³/mol. The second-order valence-corrected chi connectivity index (χ2v) is 29.4. The number of aliphatic imine (C=N–C) groups is 3. The number of pyridine rings is 3. The van der Waals surface area contributed by atoms with E-state index in [0.717, 1.165) is 117 Å². The number of hydrogen-bond donors (Lipinski definition) is 7. The van der Waals surface area contributed by atoms with Gasteiger partial charge in [0, 0.05) is 103 Å². The van der Waals surface area contributed by atoms with Crippen LogP contribution in [0.5, 0.6) is 23.0 Å². The van der Waals surface area contributed by atoms with Gasteiger partial charge in [-0.05, 0) is 154 Å². The van der Waals surface area contributed by atoms with E-state index < -0.39 is 0 Å². The molecule has 113 heavy (non-hydrogen) atoms. The minimum atomic E-state index is -0.102. The van der Waals surface area contributed by atoms with E-state index in [1.165, 1.54) is 16.7 Å². The second-order valence-electron chi connectivity index (χ2n) is 27.8. The van der Waals surface area contributed by atoms with E-state index in [1.54, 1.807) is 85.4 Å². The fraction of sp³-hybridized carbons (Fsp3) is 0.276. The topological polar surface area (TPSA) is 289 Å². The van der Waals surface area contributed by atoms with Crippen molar-refractivity contribution in [2.45, 2.75) is 78.6 Å². The fourth-order valence-corrected chi connectivity index (χ4v) is 10.7. The van der Waals surface area contributed by atoms with Crippen LogP contribution < -0.4 is 66.4 Å². The maximum Gasteiger partial charge on any atom is 0.410 e. The zero-order valence-electron chi connectivity index (χ0n) is 65.3. The molecular formula is C87H100Cl4N18O4. The first-order chi connectivity index (χ1) is 54.4. The number of nitriles is 3. The molecule has 22 nitrogen and oxygen atoms in total. The summed E-state index contributed by atoms with van der Waals surface area (Å²) < 4.78 is 21.9. The highest BCUT2D eigenvalue weighted by atomic mass is 35.5. The molecule has 3 saturated heterocycles. The van der Waals surface area contributed by atoms with Crippen LogP contribution in [0.25, 0.3) is 0 Å². The van der Waals surface area contributed by atoms with Gasteiger partial charge in [-0.15, -0.1) is 0 Å². The summed E-state index contributed by atoms with van der Waals surface area (Å²) in [5, 5.41) is 46.5. The van der Waals surface area contributed by atoms with Crippen LogP contribution in [0.4, 0.5) is 28.7 Å². The van der Waals surface area contributed by atoms with Crippen molar-refractivity contribution >= 4 is 93.2 Å². The van der Waals surface area contributed by atoms with E-state index in [-0.39, 0.29) is 34.4 Å². The third-order valence-electron chi connectivity index (χ3n) is 16.0. The van der Waals surface area contributed by atoms with E-state index in [1.807, 2.05) is 170 Å². The Labute approximate surface area is 685 Å². The highest BCUT2D eigenvalue weighted by Gasteiger charge is 2.18. The van der Waals surface area contributed by atoms with Gasteiger partial charge in [0.15, 0.2) is 12.4 Å². The van der Waals surface area contributed by atoms with E-state index in [2.05, 4.69) is 146 Å². The maximum atomic E-state index is 8.82. The minimum Gasteiger partial charge on any atom is -0.425 e. The molecule has 3 aromatic heterocycles. The molecule has 0 unspecified atom stereocenters. The monoisotopic (exact) mass is 1600 g/mol. The van der Waals surface area contributed by atoms with Crippen molar-refractivity contribution in [1.82, 2.24) is 46.9 Å². The Bertz CT molecular complexity index is 4320. The molecule has 0 bridgehead atoms. The van der Waals surface area contributed by atoms with Gasteiger partial charge in [-0.2, -0.15) is 25.8 Å². The number of nitrogens with two attached hydrogens (primary N) is 1. The summed E-state index contributed by atoms with van der Waals surface area (Å²) >= 11 is 23.0. The van der Waals surface area contributed by atoms with E-state index in [0.29, 0.717) is 33.2 Å². The lowest BCUT2D eigenvalue weighted by Gasteiger charge is -2.28. The van der Waals surface area contributed by atoms with Crippen LogP contribution in [0.15, 0.2) is 264 Å². The second kappa shape index (κ2) is 49.8. The molecule has 3 aliphatic heterocycles. The van der Waals surface area contributed by atoms with Gasteiger partial charge < -0.3 is 55.7 Å². The molecular weight excluding hydrogens is 1500 g/mol. The maximum absolute atomic E-state index is 8.82. The minimum absolute atomic E-state index is 0.0938. The van der Waals surface area contributed by atoms with Gasteiger partial charge in [0.1, 0.15) is 39.8 Å². The Hall–Kier alpha value is -11.3. The molecule has 0 spiro atoms. The number of nitrogen functional groups attached to an aromatic ring is 1. The summed E-state index contributed by atoms with van der Waals surface area (Å²) in [5.74, 6) is 4.17. The Morgan fingerprint density at radius 3 is 0.965 bits per heavy atom. The van der Waals surface area contributed by atoms with E-state index in [4.69, 9.17) is 86.9 Å². The number of nitrogens with zero attached hydrogens (tertiary/aromatic N) is 11. The van der Waals surface area contributed by atoms with Crippen LogP contribution in [0.3, 0.4) is 0 Å². The normalized spacial score (nSPS) is 13.0. The molecule has 3 fully saturated rings. The summed E-state index contributed by atoms with van der Waals surface area (Å²) in [6, 6.07) is 71.5. The molecule has 0 saturated carbocycles.